The summed E-state index contributed by atoms with van der Waals surface area (Å²) in [5.41, 5.74) is -2.63. The van der Waals surface area contributed by atoms with Gasteiger partial charge in [-0.25, -0.2) is 4.79 Å². The number of halogens is 1. The van der Waals surface area contributed by atoms with E-state index in [0.29, 0.717) is 11.4 Å². The van der Waals surface area contributed by atoms with Crippen LogP contribution in [-0.4, -0.2) is 98.4 Å². The Bertz CT molecular complexity index is 543. The summed E-state index contributed by atoms with van der Waals surface area (Å²) in [7, 11) is 0. The molecule has 1 aliphatic heterocycles. The van der Waals surface area contributed by atoms with E-state index in [1.165, 1.54) is 0 Å². The summed E-state index contributed by atoms with van der Waals surface area (Å²) in [6.07, 6.45) is -6.28. The summed E-state index contributed by atoms with van der Waals surface area (Å²) in [6.45, 7) is 6.18. The van der Waals surface area contributed by atoms with Crippen LogP contribution in [0.4, 0.5) is 4.79 Å². The summed E-state index contributed by atoms with van der Waals surface area (Å²) in [4.78, 5) is 24.9. The third-order valence-corrected chi connectivity index (χ3v) is 4.97. The van der Waals surface area contributed by atoms with Crippen molar-refractivity contribution in [1.29, 1.82) is 0 Å². The highest BCUT2D eigenvalue weighted by Gasteiger charge is 2.61. The van der Waals surface area contributed by atoms with Crippen LogP contribution >= 0.6 is 11.6 Å². The van der Waals surface area contributed by atoms with Gasteiger partial charge in [0.2, 0.25) is 5.72 Å². The second kappa shape index (κ2) is 11.3. The van der Waals surface area contributed by atoms with Gasteiger partial charge in [0.25, 0.3) is 0 Å². The number of urea groups is 1. The lowest BCUT2D eigenvalue weighted by atomic mass is 9.88. The maximum atomic E-state index is 13.0. The van der Waals surface area contributed by atoms with E-state index >= 15 is 0 Å². The van der Waals surface area contributed by atoms with E-state index in [1.807, 2.05) is 13.8 Å². The average Bonchev–Trinajstić information content (AvgIpc) is 2.69. The molecule has 0 saturated carbocycles. The third kappa shape index (κ3) is 5.54. The van der Waals surface area contributed by atoms with Gasteiger partial charge in [0.05, 0.1) is 25.0 Å². The molecular weight excluding hydrogens is 410 g/mol. The van der Waals surface area contributed by atoms with Gasteiger partial charge in [0.15, 0.2) is 12.4 Å². The fraction of sp³-hybridized carbons (Fsp3) is 0.941. The van der Waals surface area contributed by atoms with E-state index in [2.05, 4.69) is 5.29 Å². The topological polar surface area (TPSA) is 152 Å². The number of rotatable bonds is 10. The van der Waals surface area contributed by atoms with Crippen LogP contribution in [0.15, 0.2) is 5.29 Å². The Morgan fingerprint density at radius 1 is 1.31 bits per heavy atom. The van der Waals surface area contributed by atoms with Gasteiger partial charge in [-0.2, -0.15) is 5.01 Å². The number of hydrogen-bond acceptors (Lipinski definition) is 9. The second-order valence-corrected chi connectivity index (χ2v) is 7.81. The highest BCUT2D eigenvalue weighted by molar-refractivity contribution is 6.18. The molecule has 0 radical (unpaired) electrons. The van der Waals surface area contributed by atoms with Crippen molar-refractivity contribution in [1.82, 2.24) is 9.91 Å². The zero-order valence-electron chi connectivity index (χ0n) is 17.1. The smallest absolute Gasteiger partial charge is 0.345 e. The number of carbonyl (C=O) groups excluding carboxylic acids is 1. The maximum Gasteiger partial charge on any atom is 0.345 e. The Morgan fingerprint density at radius 2 is 1.93 bits per heavy atom. The predicted octanol–water partition coefficient (Wildman–Crippen LogP) is 0.229. The summed E-state index contributed by atoms with van der Waals surface area (Å²) in [5.74, 6) is -0.0400. The first-order valence-corrected chi connectivity index (χ1v) is 10.1. The van der Waals surface area contributed by atoms with Gasteiger partial charge in [-0.3, -0.25) is 4.90 Å². The number of alkyl halides is 1. The Hall–Kier alpha value is -1.08. The average molecular weight is 442 g/mol. The minimum Gasteiger partial charge on any atom is -0.394 e. The van der Waals surface area contributed by atoms with Crippen molar-refractivity contribution < 1.29 is 34.7 Å². The zero-order chi connectivity index (χ0) is 22.4. The molecule has 2 amide bonds. The van der Waals surface area contributed by atoms with E-state index < -0.39 is 49.0 Å². The largest absolute Gasteiger partial charge is 0.394 e. The third-order valence-electron chi connectivity index (χ3n) is 4.80. The second-order valence-electron chi connectivity index (χ2n) is 7.43. The van der Waals surface area contributed by atoms with E-state index in [1.54, 1.807) is 13.8 Å². The van der Waals surface area contributed by atoms with E-state index in [9.17, 15) is 30.1 Å². The standard InChI is InChI=1S/C17H32ClN3O8/c1-5-11(4)21(16(25)20(19-27)7-6-18)17(26)13(23)12(8-22)29-15(14(17)24)28-9-10(2)3/h10-15,22-24,26H,5-9H2,1-4H3/t11?,12-,13-,14+,15-,17-/m1/s1. The molecule has 1 fully saturated rings. The van der Waals surface area contributed by atoms with E-state index in [4.69, 9.17) is 21.1 Å². The molecule has 0 aromatic carbocycles. The van der Waals surface area contributed by atoms with Crippen molar-refractivity contribution >= 4 is 17.6 Å². The van der Waals surface area contributed by atoms with Crippen LogP contribution < -0.4 is 0 Å². The van der Waals surface area contributed by atoms with Crippen molar-refractivity contribution in [3.63, 3.8) is 0 Å². The number of aliphatic hydroxyl groups excluding tert-OH is 3. The lowest BCUT2D eigenvalue weighted by molar-refractivity contribution is -0.363. The molecule has 12 heteroatoms. The Labute approximate surface area is 175 Å². The molecule has 11 nitrogen and oxygen atoms in total. The Kier molecular flexibility index (Phi) is 10.2. The summed E-state index contributed by atoms with van der Waals surface area (Å²) in [5, 5.41) is 45.7. The first-order valence-electron chi connectivity index (χ1n) is 9.56. The highest BCUT2D eigenvalue weighted by atomic mass is 35.5. The summed E-state index contributed by atoms with van der Waals surface area (Å²) >= 11 is 5.61. The van der Waals surface area contributed by atoms with Gasteiger partial charge in [0.1, 0.15) is 12.2 Å². The highest BCUT2D eigenvalue weighted by Crippen LogP contribution is 2.36. The maximum absolute atomic E-state index is 13.0. The van der Waals surface area contributed by atoms with Crippen molar-refractivity contribution in [2.75, 3.05) is 25.6 Å². The van der Waals surface area contributed by atoms with Gasteiger partial charge >= 0.3 is 6.03 Å². The molecule has 1 aliphatic rings. The van der Waals surface area contributed by atoms with Gasteiger partial charge in [0, 0.05) is 11.9 Å². The molecule has 1 heterocycles. The molecule has 170 valence electrons. The van der Waals surface area contributed by atoms with Crippen molar-refractivity contribution in [2.24, 2.45) is 11.2 Å². The van der Waals surface area contributed by atoms with Gasteiger partial charge in [-0.15, -0.1) is 16.5 Å². The lowest BCUT2D eigenvalue weighted by Crippen LogP contribution is -2.77. The minimum absolute atomic E-state index is 0.0593. The normalized spacial score (nSPS) is 30.8. The molecule has 4 N–H and O–H groups in total. The fourth-order valence-electron chi connectivity index (χ4n) is 3.07. The molecule has 0 spiro atoms. The Morgan fingerprint density at radius 3 is 2.38 bits per heavy atom. The number of ether oxygens (including phenoxy) is 2. The molecule has 6 atom stereocenters. The van der Waals surface area contributed by atoms with Crippen LogP contribution in [0.1, 0.15) is 34.1 Å². The fourth-order valence-corrected chi connectivity index (χ4v) is 3.23. The Balaban J connectivity index is 3.41. The van der Waals surface area contributed by atoms with Crippen LogP contribution in [0, 0.1) is 10.8 Å². The monoisotopic (exact) mass is 441 g/mol. The van der Waals surface area contributed by atoms with Crippen LogP contribution in [0.5, 0.6) is 0 Å². The molecule has 0 bridgehead atoms. The van der Waals surface area contributed by atoms with E-state index in [-0.39, 0.29) is 24.9 Å². The molecule has 0 aromatic heterocycles. The SMILES string of the molecule is CCC(C)N(C(=O)N(CCCl)N=O)[C@@]1(O)[C@H](O)[C@@H](CO)O[C@@H](OCC(C)C)[C@@H]1O. The number of nitrogens with zero attached hydrogens (tertiary/aromatic N) is 3. The van der Waals surface area contributed by atoms with Crippen LogP contribution in [-0.2, 0) is 9.47 Å². The van der Waals surface area contributed by atoms with Crippen molar-refractivity contribution in [3.8, 4) is 0 Å². The molecule has 1 rings (SSSR count). The number of aliphatic hydroxyl groups is 4. The van der Waals surface area contributed by atoms with Crippen LogP contribution in [0.2, 0.25) is 0 Å². The lowest BCUT2D eigenvalue weighted by Gasteiger charge is -2.54. The molecule has 1 unspecified atom stereocenters. The van der Waals surface area contributed by atoms with Gasteiger partial charge in [-0.05, 0) is 19.3 Å². The van der Waals surface area contributed by atoms with Crippen molar-refractivity contribution in [3.05, 3.63) is 4.91 Å². The number of nitroso groups, excluding NO2 is 1. The number of hydrogen-bond donors (Lipinski definition) is 4. The molecular formula is C17H32ClN3O8. The van der Waals surface area contributed by atoms with Gasteiger partial charge < -0.3 is 29.9 Å². The number of carbonyl (C=O) groups is 1. The van der Waals surface area contributed by atoms with Crippen molar-refractivity contribution in [2.45, 2.75) is 70.5 Å². The minimum atomic E-state index is -2.63. The van der Waals surface area contributed by atoms with Crippen LogP contribution in [0.25, 0.3) is 0 Å². The quantitative estimate of drug-likeness (QED) is 0.163. The molecule has 0 aliphatic carbocycles. The first kappa shape index (κ1) is 26.0. The predicted molar refractivity (Wildman–Crippen MR) is 104 cm³/mol. The zero-order valence-corrected chi connectivity index (χ0v) is 17.9. The molecule has 1 saturated heterocycles. The van der Waals surface area contributed by atoms with Gasteiger partial charge in [-0.1, -0.05) is 20.8 Å². The summed E-state index contributed by atoms with van der Waals surface area (Å²) < 4.78 is 10.9. The van der Waals surface area contributed by atoms with Crippen LogP contribution in [0.3, 0.4) is 0 Å². The molecule has 0 aromatic rings. The van der Waals surface area contributed by atoms with E-state index in [0.717, 1.165) is 4.90 Å². The summed E-state index contributed by atoms with van der Waals surface area (Å²) in [6, 6.07) is -1.80. The number of amides is 2. The molecule has 29 heavy (non-hydrogen) atoms. The first-order chi connectivity index (χ1) is 13.6.